The van der Waals surface area contributed by atoms with E-state index in [1.54, 1.807) is 0 Å². The first-order valence-corrected chi connectivity index (χ1v) is 6.17. The van der Waals surface area contributed by atoms with Crippen molar-refractivity contribution in [3.63, 3.8) is 0 Å². The Morgan fingerprint density at radius 1 is 1.38 bits per heavy atom. The number of carbonyl (C=O) groups excluding carboxylic acids is 1. The van der Waals surface area contributed by atoms with Gasteiger partial charge in [-0.3, -0.25) is 10.7 Å². The number of urea groups is 1. The average Bonchev–Trinajstić information content (AvgIpc) is 2.46. The monoisotopic (exact) mass is 225 g/mol. The van der Waals surface area contributed by atoms with E-state index in [0.717, 1.165) is 19.4 Å². The normalized spacial score (nSPS) is 21.1. The standard InChI is InChI=1S/C12H23N3O/c1-5-9(6-2)10-11(13)14-12(16)15(10)7-8(3)4/h8-10H,5-7H2,1-4H3,(H2,13,14,16). The van der Waals surface area contributed by atoms with Crippen LogP contribution in [0.15, 0.2) is 0 Å². The molecule has 1 rings (SSSR count). The summed E-state index contributed by atoms with van der Waals surface area (Å²) in [5.74, 6) is 1.21. The van der Waals surface area contributed by atoms with E-state index in [1.807, 2.05) is 4.90 Å². The number of hydrogen-bond donors (Lipinski definition) is 2. The zero-order valence-electron chi connectivity index (χ0n) is 10.7. The lowest BCUT2D eigenvalue weighted by molar-refractivity contribution is 0.178. The van der Waals surface area contributed by atoms with Crippen molar-refractivity contribution in [1.29, 1.82) is 5.41 Å². The predicted octanol–water partition coefficient (Wildman–Crippen LogP) is 2.45. The van der Waals surface area contributed by atoms with Crippen LogP contribution in [0.3, 0.4) is 0 Å². The summed E-state index contributed by atoms with van der Waals surface area (Å²) in [5, 5.41) is 10.5. The molecule has 1 fully saturated rings. The molecule has 0 spiro atoms. The first kappa shape index (κ1) is 13.0. The molecule has 0 aromatic carbocycles. The molecular formula is C12H23N3O. The van der Waals surface area contributed by atoms with Gasteiger partial charge >= 0.3 is 6.03 Å². The van der Waals surface area contributed by atoms with Gasteiger partial charge in [0.1, 0.15) is 5.84 Å². The molecule has 0 radical (unpaired) electrons. The molecule has 2 N–H and O–H groups in total. The van der Waals surface area contributed by atoms with Crippen LogP contribution in [0.5, 0.6) is 0 Å². The zero-order chi connectivity index (χ0) is 12.3. The number of amidine groups is 1. The number of amides is 2. The third-order valence-electron chi connectivity index (χ3n) is 3.19. The Morgan fingerprint density at radius 3 is 2.38 bits per heavy atom. The van der Waals surface area contributed by atoms with Crippen molar-refractivity contribution in [3.05, 3.63) is 0 Å². The molecule has 1 saturated heterocycles. The predicted molar refractivity (Wildman–Crippen MR) is 65.7 cm³/mol. The maximum absolute atomic E-state index is 11.7. The van der Waals surface area contributed by atoms with E-state index in [9.17, 15) is 4.79 Å². The summed E-state index contributed by atoms with van der Waals surface area (Å²) < 4.78 is 0. The molecule has 1 aliphatic rings. The Morgan fingerprint density at radius 2 is 1.94 bits per heavy atom. The largest absolute Gasteiger partial charge is 0.323 e. The van der Waals surface area contributed by atoms with Crippen LogP contribution in [0.4, 0.5) is 4.79 Å². The maximum atomic E-state index is 11.7. The SMILES string of the molecule is CCC(CC)C1C(=N)NC(=O)N1CC(C)C. The molecule has 1 unspecified atom stereocenters. The zero-order valence-corrected chi connectivity index (χ0v) is 10.7. The van der Waals surface area contributed by atoms with Crippen LogP contribution in [-0.4, -0.2) is 29.4 Å². The van der Waals surface area contributed by atoms with Crippen molar-refractivity contribution in [1.82, 2.24) is 10.2 Å². The summed E-state index contributed by atoms with van der Waals surface area (Å²) in [7, 11) is 0. The van der Waals surface area contributed by atoms with Gasteiger partial charge in [0.2, 0.25) is 0 Å². The molecule has 0 bridgehead atoms. The van der Waals surface area contributed by atoms with Crippen molar-refractivity contribution in [2.24, 2.45) is 11.8 Å². The highest BCUT2D eigenvalue weighted by atomic mass is 16.2. The van der Waals surface area contributed by atoms with Gasteiger partial charge in [0.25, 0.3) is 0 Å². The second-order valence-electron chi connectivity index (χ2n) is 4.91. The first-order chi connectivity index (χ1) is 7.51. The van der Waals surface area contributed by atoms with Gasteiger partial charge < -0.3 is 4.90 Å². The molecule has 4 heteroatoms. The molecule has 2 amide bonds. The molecule has 0 aromatic rings. The summed E-state index contributed by atoms with van der Waals surface area (Å²) >= 11 is 0. The number of nitrogens with zero attached hydrogens (tertiary/aromatic N) is 1. The van der Waals surface area contributed by atoms with E-state index < -0.39 is 0 Å². The summed E-state index contributed by atoms with van der Waals surface area (Å²) in [5.41, 5.74) is 0. The van der Waals surface area contributed by atoms with Gasteiger partial charge in [-0.1, -0.05) is 40.5 Å². The third-order valence-corrected chi connectivity index (χ3v) is 3.19. The fourth-order valence-corrected chi connectivity index (χ4v) is 2.36. The molecule has 0 aliphatic carbocycles. The van der Waals surface area contributed by atoms with Gasteiger partial charge in [0, 0.05) is 6.54 Å². The number of nitrogens with one attached hydrogen (secondary N) is 2. The van der Waals surface area contributed by atoms with E-state index >= 15 is 0 Å². The topological polar surface area (TPSA) is 56.2 Å². The minimum absolute atomic E-state index is 0.0371. The van der Waals surface area contributed by atoms with Gasteiger partial charge in [-0.25, -0.2) is 4.79 Å². The number of carbonyl (C=O) groups is 1. The van der Waals surface area contributed by atoms with E-state index in [4.69, 9.17) is 5.41 Å². The minimum Gasteiger partial charge on any atom is -0.314 e. The van der Waals surface area contributed by atoms with Crippen LogP contribution < -0.4 is 5.32 Å². The second-order valence-corrected chi connectivity index (χ2v) is 4.91. The van der Waals surface area contributed by atoms with Crippen LogP contribution in [0, 0.1) is 17.2 Å². The lowest BCUT2D eigenvalue weighted by Gasteiger charge is -2.29. The Labute approximate surface area is 97.9 Å². The fourth-order valence-electron chi connectivity index (χ4n) is 2.36. The highest BCUT2D eigenvalue weighted by Crippen LogP contribution is 2.23. The second kappa shape index (κ2) is 5.32. The smallest absolute Gasteiger partial charge is 0.314 e. The maximum Gasteiger partial charge on any atom is 0.323 e. The molecule has 0 aromatic heterocycles. The molecular weight excluding hydrogens is 202 g/mol. The molecule has 4 nitrogen and oxygen atoms in total. The van der Waals surface area contributed by atoms with Crippen molar-refractivity contribution in [2.75, 3.05) is 6.54 Å². The van der Waals surface area contributed by atoms with E-state index in [2.05, 4.69) is 33.0 Å². The van der Waals surface area contributed by atoms with Crippen LogP contribution in [0.1, 0.15) is 40.5 Å². The first-order valence-electron chi connectivity index (χ1n) is 6.17. The molecule has 1 aliphatic heterocycles. The van der Waals surface area contributed by atoms with E-state index in [1.165, 1.54) is 0 Å². The summed E-state index contributed by atoms with van der Waals surface area (Å²) in [4.78, 5) is 13.6. The third kappa shape index (κ3) is 2.54. The molecule has 16 heavy (non-hydrogen) atoms. The van der Waals surface area contributed by atoms with Crippen LogP contribution in [0.2, 0.25) is 0 Å². The Hall–Kier alpha value is -1.06. The highest BCUT2D eigenvalue weighted by molar-refractivity contribution is 6.05. The summed E-state index contributed by atoms with van der Waals surface area (Å²) in [6.45, 7) is 9.17. The van der Waals surface area contributed by atoms with Crippen molar-refractivity contribution in [2.45, 2.75) is 46.6 Å². The number of rotatable bonds is 5. The van der Waals surface area contributed by atoms with Gasteiger partial charge in [0.05, 0.1) is 6.04 Å². The van der Waals surface area contributed by atoms with Gasteiger partial charge in [-0.05, 0) is 11.8 Å². The molecule has 0 saturated carbocycles. The van der Waals surface area contributed by atoms with Crippen molar-refractivity contribution >= 4 is 11.9 Å². The molecule has 1 atom stereocenters. The van der Waals surface area contributed by atoms with Crippen LogP contribution in [0.25, 0.3) is 0 Å². The van der Waals surface area contributed by atoms with Crippen LogP contribution in [-0.2, 0) is 0 Å². The molecule has 1 heterocycles. The fraction of sp³-hybridized carbons (Fsp3) is 0.833. The van der Waals surface area contributed by atoms with E-state index in [0.29, 0.717) is 17.7 Å². The average molecular weight is 225 g/mol. The summed E-state index contributed by atoms with van der Waals surface area (Å²) in [6, 6.07) is -0.138. The lowest BCUT2D eigenvalue weighted by atomic mass is 9.92. The van der Waals surface area contributed by atoms with Crippen molar-refractivity contribution < 1.29 is 4.79 Å². The Balaban J connectivity index is 2.84. The minimum atomic E-state index is -0.101. The Kier molecular flexibility index (Phi) is 4.33. The number of hydrogen-bond acceptors (Lipinski definition) is 2. The lowest BCUT2D eigenvalue weighted by Crippen LogP contribution is -2.42. The quantitative estimate of drug-likeness (QED) is 0.742. The van der Waals surface area contributed by atoms with Crippen molar-refractivity contribution in [3.8, 4) is 0 Å². The van der Waals surface area contributed by atoms with E-state index in [-0.39, 0.29) is 12.1 Å². The Bertz CT molecular complexity index is 271. The molecule has 92 valence electrons. The van der Waals surface area contributed by atoms with Gasteiger partial charge in [-0.2, -0.15) is 0 Å². The van der Waals surface area contributed by atoms with Gasteiger partial charge in [0.15, 0.2) is 0 Å². The summed E-state index contributed by atoms with van der Waals surface area (Å²) in [6.07, 6.45) is 2.01. The van der Waals surface area contributed by atoms with Crippen LogP contribution >= 0.6 is 0 Å². The van der Waals surface area contributed by atoms with Gasteiger partial charge in [-0.15, -0.1) is 0 Å². The highest BCUT2D eigenvalue weighted by Gasteiger charge is 2.39.